The minimum atomic E-state index is -1.46. The smallest absolute Gasteiger partial charge is 0.222 e. The van der Waals surface area contributed by atoms with E-state index in [0.29, 0.717) is 11.2 Å². The number of anilines is 1. The van der Waals surface area contributed by atoms with Crippen LogP contribution in [0.1, 0.15) is 6.23 Å². The Labute approximate surface area is 118 Å². The van der Waals surface area contributed by atoms with Gasteiger partial charge in [-0.05, 0) is 0 Å². The fourth-order valence-electron chi connectivity index (χ4n) is 2.35. The minimum absolute atomic E-state index is 0.0570. The van der Waals surface area contributed by atoms with E-state index in [4.69, 9.17) is 10.5 Å². The van der Waals surface area contributed by atoms with E-state index in [0.717, 1.165) is 0 Å². The first-order valence-corrected chi connectivity index (χ1v) is 6.28. The fourth-order valence-corrected chi connectivity index (χ4v) is 2.35. The van der Waals surface area contributed by atoms with E-state index in [2.05, 4.69) is 15.0 Å². The number of hydrogen-bond donors (Lipinski definition) is 5. The van der Waals surface area contributed by atoms with Crippen LogP contribution in [0.2, 0.25) is 0 Å². The van der Waals surface area contributed by atoms with Crippen LogP contribution in [0.3, 0.4) is 0 Å². The van der Waals surface area contributed by atoms with Gasteiger partial charge in [-0.3, -0.25) is 4.57 Å². The average molecular weight is 297 g/mol. The van der Waals surface area contributed by atoms with E-state index in [-0.39, 0.29) is 5.95 Å². The number of imidazole rings is 1. The van der Waals surface area contributed by atoms with Crippen LogP contribution in [0, 0.1) is 0 Å². The Bertz CT molecular complexity index is 647. The molecule has 0 radical (unpaired) electrons. The monoisotopic (exact) mass is 297 g/mol. The van der Waals surface area contributed by atoms with Gasteiger partial charge in [0.1, 0.15) is 29.9 Å². The first kappa shape index (κ1) is 14.1. The van der Waals surface area contributed by atoms with Gasteiger partial charge in [-0.2, -0.15) is 4.98 Å². The lowest BCUT2D eigenvalue weighted by atomic mass is 9.98. The topological polar surface area (TPSA) is 160 Å². The maximum Gasteiger partial charge on any atom is 0.222 e. The number of fused-ring (bicyclic) bond motifs is 1. The molecule has 0 spiro atoms. The molecule has 1 aliphatic heterocycles. The van der Waals surface area contributed by atoms with Gasteiger partial charge in [0.05, 0.1) is 19.1 Å². The zero-order valence-corrected chi connectivity index (χ0v) is 10.8. The molecule has 6 N–H and O–H groups in total. The number of aromatic nitrogens is 4. The molecule has 0 amide bonds. The maximum atomic E-state index is 10.1. The number of aliphatic hydroxyl groups is 4. The Hall–Kier alpha value is -1.85. The molecule has 10 heteroatoms. The highest BCUT2D eigenvalue weighted by atomic mass is 16.6. The Balaban J connectivity index is 2.00. The number of ether oxygens (including phenoxy) is 1. The highest BCUT2D eigenvalue weighted by Gasteiger charge is 2.44. The number of aliphatic hydroxyl groups excluding tert-OH is 4. The van der Waals surface area contributed by atoms with Crippen molar-refractivity contribution < 1.29 is 25.2 Å². The third-order valence-corrected chi connectivity index (χ3v) is 3.49. The summed E-state index contributed by atoms with van der Waals surface area (Å²) in [5.41, 5.74) is 6.21. The number of hydrogen-bond acceptors (Lipinski definition) is 9. The number of nitrogens with zero attached hydrogens (tertiary/aromatic N) is 4. The molecule has 0 bridgehead atoms. The molecule has 0 aromatic carbocycles. The molecule has 10 nitrogen and oxygen atoms in total. The number of rotatable bonds is 2. The van der Waals surface area contributed by atoms with Crippen LogP contribution in [0.25, 0.3) is 11.2 Å². The van der Waals surface area contributed by atoms with E-state index in [9.17, 15) is 20.4 Å². The van der Waals surface area contributed by atoms with Gasteiger partial charge in [0.25, 0.3) is 0 Å². The highest BCUT2D eigenvalue weighted by Crippen LogP contribution is 2.30. The van der Waals surface area contributed by atoms with Gasteiger partial charge < -0.3 is 30.9 Å². The molecule has 0 unspecified atom stereocenters. The van der Waals surface area contributed by atoms with Crippen molar-refractivity contribution >= 4 is 17.1 Å². The van der Waals surface area contributed by atoms with Crippen LogP contribution in [0.5, 0.6) is 0 Å². The molecular formula is C11H15N5O5. The van der Waals surface area contributed by atoms with Crippen molar-refractivity contribution in [1.82, 2.24) is 19.5 Å². The van der Waals surface area contributed by atoms with Crippen LogP contribution in [0.15, 0.2) is 12.5 Å². The molecule has 1 fully saturated rings. The van der Waals surface area contributed by atoms with E-state index < -0.39 is 37.3 Å². The lowest BCUT2D eigenvalue weighted by Crippen LogP contribution is -2.56. The molecule has 5 atom stereocenters. The molecule has 2 aromatic rings. The first-order chi connectivity index (χ1) is 10.0. The van der Waals surface area contributed by atoms with Gasteiger partial charge in [-0.15, -0.1) is 0 Å². The van der Waals surface area contributed by atoms with Crippen LogP contribution in [0.4, 0.5) is 5.95 Å². The van der Waals surface area contributed by atoms with Crippen LogP contribution in [-0.4, -0.2) is 71.0 Å². The Morgan fingerprint density at radius 3 is 2.67 bits per heavy atom. The predicted molar refractivity (Wildman–Crippen MR) is 68.8 cm³/mol. The van der Waals surface area contributed by atoms with Crippen molar-refractivity contribution in [3.05, 3.63) is 12.5 Å². The Morgan fingerprint density at radius 2 is 1.95 bits per heavy atom. The third kappa shape index (κ3) is 2.22. The lowest BCUT2D eigenvalue weighted by molar-refractivity contribution is -0.250. The largest absolute Gasteiger partial charge is 0.394 e. The third-order valence-electron chi connectivity index (χ3n) is 3.49. The van der Waals surface area contributed by atoms with E-state index in [1.807, 2.05) is 0 Å². The summed E-state index contributed by atoms with van der Waals surface area (Å²) in [6.45, 7) is -0.502. The summed E-state index contributed by atoms with van der Waals surface area (Å²) < 4.78 is 6.85. The molecule has 1 saturated heterocycles. The predicted octanol–water partition coefficient (Wildman–Crippen LogP) is -2.62. The maximum absolute atomic E-state index is 10.1. The molecular weight excluding hydrogens is 282 g/mol. The fraction of sp³-hybridized carbons (Fsp3) is 0.545. The summed E-state index contributed by atoms with van der Waals surface area (Å²) in [5.74, 6) is 0.0570. The molecule has 1 aliphatic rings. The quantitative estimate of drug-likeness (QED) is 0.400. The minimum Gasteiger partial charge on any atom is -0.394 e. The van der Waals surface area contributed by atoms with Gasteiger partial charge in [0, 0.05) is 0 Å². The van der Waals surface area contributed by atoms with Crippen molar-refractivity contribution in [1.29, 1.82) is 0 Å². The van der Waals surface area contributed by atoms with E-state index in [1.54, 1.807) is 0 Å². The Kier molecular flexibility index (Phi) is 3.47. The zero-order chi connectivity index (χ0) is 15.1. The van der Waals surface area contributed by atoms with Crippen LogP contribution in [-0.2, 0) is 4.74 Å². The van der Waals surface area contributed by atoms with Crippen LogP contribution >= 0.6 is 0 Å². The van der Waals surface area contributed by atoms with Gasteiger partial charge in [-0.1, -0.05) is 0 Å². The van der Waals surface area contributed by atoms with Crippen molar-refractivity contribution in [2.75, 3.05) is 12.3 Å². The SMILES string of the molecule is Nc1ncc2c(ncn2[C@@H]2O[C@H](CO)[C@@H](O)[C@H](O)[C@H]2O)n1. The summed E-state index contributed by atoms with van der Waals surface area (Å²) in [7, 11) is 0. The van der Waals surface area contributed by atoms with Crippen molar-refractivity contribution in [3.63, 3.8) is 0 Å². The van der Waals surface area contributed by atoms with Gasteiger partial charge >= 0.3 is 0 Å². The molecule has 3 heterocycles. The molecule has 114 valence electrons. The second-order valence-corrected chi connectivity index (χ2v) is 4.81. The first-order valence-electron chi connectivity index (χ1n) is 6.28. The molecule has 0 saturated carbocycles. The van der Waals surface area contributed by atoms with Crippen molar-refractivity contribution in [2.24, 2.45) is 0 Å². The summed E-state index contributed by atoms with van der Waals surface area (Å²) in [6.07, 6.45) is -3.57. The molecule has 0 aliphatic carbocycles. The van der Waals surface area contributed by atoms with Crippen molar-refractivity contribution in [2.45, 2.75) is 30.6 Å². The summed E-state index contributed by atoms with van der Waals surface area (Å²) >= 11 is 0. The average Bonchev–Trinajstić information content (AvgIpc) is 2.88. The normalized spacial score (nSPS) is 33.4. The van der Waals surface area contributed by atoms with E-state index in [1.165, 1.54) is 17.1 Å². The van der Waals surface area contributed by atoms with Gasteiger partial charge in [-0.25, -0.2) is 9.97 Å². The zero-order valence-electron chi connectivity index (χ0n) is 10.8. The molecule has 21 heavy (non-hydrogen) atoms. The standard InChI is InChI=1S/C11H15N5O5/c12-11-13-1-4-9(15-11)14-3-16(4)10-8(20)7(19)6(18)5(2-17)21-10/h1,3,5-8,10,17-20H,2H2,(H2,12,13,15)/t5-,6-,7+,8-,10-/m1/s1. The summed E-state index contributed by atoms with van der Waals surface area (Å²) in [6, 6.07) is 0. The van der Waals surface area contributed by atoms with E-state index >= 15 is 0 Å². The number of nitrogens with two attached hydrogens (primary N) is 1. The Morgan fingerprint density at radius 1 is 1.19 bits per heavy atom. The number of nitrogen functional groups attached to an aromatic ring is 1. The lowest BCUT2D eigenvalue weighted by Gasteiger charge is -2.40. The molecule has 2 aromatic heterocycles. The van der Waals surface area contributed by atoms with Crippen molar-refractivity contribution in [3.8, 4) is 0 Å². The van der Waals surface area contributed by atoms with Gasteiger partial charge in [0.15, 0.2) is 11.9 Å². The second-order valence-electron chi connectivity index (χ2n) is 4.81. The highest BCUT2D eigenvalue weighted by molar-refractivity contribution is 5.70. The summed E-state index contributed by atoms with van der Waals surface area (Å²) in [4.78, 5) is 11.8. The summed E-state index contributed by atoms with van der Waals surface area (Å²) in [5, 5.41) is 38.8. The van der Waals surface area contributed by atoms with Crippen LogP contribution < -0.4 is 5.73 Å². The molecule has 3 rings (SSSR count). The van der Waals surface area contributed by atoms with Gasteiger partial charge in [0.2, 0.25) is 5.95 Å². The second kappa shape index (κ2) is 5.16.